The quantitative estimate of drug-likeness (QED) is 0.578. The fourth-order valence-corrected chi connectivity index (χ4v) is 7.92. The Kier molecular flexibility index (Phi) is 3.57. The third-order valence-electron chi connectivity index (χ3n) is 9.27. The van der Waals surface area contributed by atoms with E-state index in [2.05, 4.69) is 27.7 Å². The van der Waals surface area contributed by atoms with Crippen LogP contribution in [0.15, 0.2) is 0 Å². The number of hydrogen-bond donors (Lipinski definition) is 0. The van der Waals surface area contributed by atoms with Crippen molar-refractivity contribution in [3.63, 3.8) is 0 Å². The van der Waals surface area contributed by atoms with Gasteiger partial charge in [-0.3, -0.25) is 4.79 Å². The zero-order chi connectivity index (χ0) is 16.5. The molecule has 4 aliphatic carbocycles. The molecule has 0 radical (unpaired) electrons. The third kappa shape index (κ3) is 2.13. The third-order valence-corrected chi connectivity index (χ3v) is 9.27. The van der Waals surface area contributed by atoms with Crippen molar-refractivity contribution < 1.29 is 4.79 Å². The number of rotatable bonds is 1. The van der Waals surface area contributed by atoms with Gasteiger partial charge in [-0.2, -0.15) is 0 Å². The number of carbonyl (C=O) groups excluding carboxylic acids is 1. The first kappa shape index (κ1) is 16.2. The normalized spacial score (nSPS) is 51.7. The number of fused-ring (bicyclic) bond motifs is 5. The second-order valence-corrected chi connectivity index (χ2v) is 10.5. The molecule has 0 N–H and O–H groups in total. The zero-order valence-electron chi connectivity index (χ0n) is 15.8. The highest BCUT2D eigenvalue weighted by molar-refractivity contribution is 5.87. The van der Waals surface area contributed by atoms with E-state index in [-0.39, 0.29) is 5.41 Å². The van der Waals surface area contributed by atoms with Crippen LogP contribution in [0, 0.1) is 39.9 Å². The van der Waals surface area contributed by atoms with Crippen molar-refractivity contribution >= 4 is 5.78 Å². The fraction of sp³-hybridized carbons (Fsp3) is 0.955. The van der Waals surface area contributed by atoms with Crippen molar-refractivity contribution in [3.8, 4) is 0 Å². The van der Waals surface area contributed by atoms with E-state index in [1.807, 2.05) is 0 Å². The van der Waals surface area contributed by atoms with Gasteiger partial charge in [-0.25, -0.2) is 0 Å². The summed E-state index contributed by atoms with van der Waals surface area (Å²) < 4.78 is 0. The summed E-state index contributed by atoms with van der Waals surface area (Å²) in [6.45, 7) is 9.78. The van der Waals surface area contributed by atoms with Crippen LogP contribution in [0.1, 0.15) is 91.9 Å². The number of hydrogen-bond acceptors (Lipinski definition) is 1. The molecule has 0 amide bonds. The second-order valence-electron chi connectivity index (χ2n) is 10.5. The van der Waals surface area contributed by atoms with E-state index in [1.165, 1.54) is 57.8 Å². The van der Waals surface area contributed by atoms with Crippen molar-refractivity contribution in [1.29, 1.82) is 0 Å². The van der Waals surface area contributed by atoms with Gasteiger partial charge in [0.15, 0.2) is 0 Å². The molecule has 0 unspecified atom stereocenters. The summed E-state index contributed by atoms with van der Waals surface area (Å²) in [7, 11) is 0. The first-order chi connectivity index (χ1) is 10.8. The molecule has 4 fully saturated rings. The first-order valence-corrected chi connectivity index (χ1v) is 10.4. The van der Waals surface area contributed by atoms with Gasteiger partial charge in [0.05, 0.1) is 0 Å². The lowest BCUT2D eigenvalue weighted by molar-refractivity contribution is -0.147. The van der Waals surface area contributed by atoms with E-state index >= 15 is 0 Å². The maximum atomic E-state index is 12.5. The van der Waals surface area contributed by atoms with Crippen molar-refractivity contribution in [1.82, 2.24) is 0 Å². The Bertz CT molecular complexity index is 506. The molecule has 0 heterocycles. The largest absolute Gasteiger partial charge is 0.299 e. The summed E-state index contributed by atoms with van der Waals surface area (Å²) in [5, 5.41) is 0. The minimum Gasteiger partial charge on any atom is -0.299 e. The monoisotopic (exact) mass is 316 g/mol. The summed E-state index contributed by atoms with van der Waals surface area (Å²) in [4.78, 5) is 12.5. The second kappa shape index (κ2) is 5.09. The van der Waals surface area contributed by atoms with E-state index in [9.17, 15) is 4.79 Å². The highest BCUT2D eigenvalue weighted by Crippen LogP contribution is 2.67. The molecule has 1 heteroatoms. The zero-order valence-corrected chi connectivity index (χ0v) is 15.8. The van der Waals surface area contributed by atoms with Gasteiger partial charge in [0.1, 0.15) is 5.78 Å². The Balaban J connectivity index is 1.66. The summed E-state index contributed by atoms with van der Waals surface area (Å²) in [5.41, 5.74) is 1.23. The predicted molar refractivity (Wildman–Crippen MR) is 95.1 cm³/mol. The molecule has 130 valence electrons. The Hall–Kier alpha value is -0.330. The van der Waals surface area contributed by atoms with Crippen LogP contribution in [0.5, 0.6) is 0 Å². The van der Waals surface area contributed by atoms with Crippen LogP contribution in [0.3, 0.4) is 0 Å². The molecule has 4 rings (SSSR count). The smallest absolute Gasteiger partial charge is 0.139 e. The Morgan fingerprint density at radius 2 is 1.74 bits per heavy atom. The van der Waals surface area contributed by atoms with Gasteiger partial charge >= 0.3 is 0 Å². The Morgan fingerprint density at radius 3 is 2.48 bits per heavy atom. The molecular weight excluding hydrogens is 280 g/mol. The van der Waals surface area contributed by atoms with Crippen LogP contribution < -0.4 is 0 Å². The minimum absolute atomic E-state index is 0.0525. The van der Waals surface area contributed by atoms with Crippen LogP contribution in [0.4, 0.5) is 0 Å². The van der Waals surface area contributed by atoms with E-state index < -0.39 is 0 Å². The molecule has 1 nitrogen and oxygen atoms in total. The molecule has 4 saturated carbocycles. The number of carbonyl (C=O) groups is 1. The van der Waals surface area contributed by atoms with E-state index in [0.29, 0.717) is 22.5 Å². The molecule has 0 aromatic rings. The predicted octanol–water partition coefficient (Wildman–Crippen LogP) is 6.01. The van der Waals surface area contributed by atoms with Crippen molar-refractivity contribution in [2.24, 2.45) is 39.9 Å². The maximum Gasteiger partial charge on any atom is 0.139 e. The lowest BCUT2D eigenvalue weighted by atomic mass is 9.42. The fourth-order valence-electron chi connectivity index (χ4n) is 7.92. The number of ketones is 1. The van der Waals surface area contributed by atoms with Gasteiger partial charge < -0.3 is 0 Å². The lowest BCUT2D eigenvalue weighted by Crippen LogP contribution is -2.55. The summed E-state index contributed by atoms with van der Waals surface area (Å²) >= 11 is 0. The van der Waals surface area contributed by atoms with Crippen LogP contribution in [-0.4, -0.2) is 5.78 Å². The van der Waals surface area contributed by atoms with Crippen molar-refractivity contribution in [2.45, 2.75) is 91.9 Å². The van der Waals surface area contributed by atoms with Gasteiger partial charge in [0.2, 0.25) is 0 Å². The molecule has 0 saturated heterocycles. The molecule has 0 spiro atoms. The van der Waals surface area contributed by atoms with Crippen LogP contribution in [0.25, 0.3) is 0 Å². The van der Waals surface area contributed by atoms with Crippen molar-refractivity contribution in [3.05, 3.63) is 0 Å². The highest BCUT2D eigenvalue weighted by Gasteiger charge is 2.61. The van der Waals surface area contributed by atoms with Gasteiger partial charge in [-0.05, 0) is 92.3 Å². The standard InChI is InChI=1S/C22H36O/c1-5-22-13-12-20(2,3)14-15(22)6-7-16-17-8-9-19(23)21(17,4)11-10-18(16)22/h15-18H,5-14H2,1-4H3/t15-,16+,17+,18+,21+,22+/m1/s1. The SMILES string of the molecule is CC[C@]12CCC(C)(C)C[C@H]1CC[C@@H]1[C@@H]2CC[C@]2(C)C(=O)CC[C@@H]12. The summed E-state index contributed by atoms with van der Waals surface area (Å²) in [6.07, 6.45) is 13.2. The highest BCUT2D eigenvalue weighted by atomic mass is 16.1. The molecule has 23 heavy (non-hydrogen) atoms. The Morgan fingerprint density at radius 1 is 0.957 bits per heavy atom. The average molecular weight is 317 g/mol. The molecule has 0 aliphatic heterocycles. The van der Waals surface area contributed by atoms with E-state index in [4.69, 9.17) is 0 Å². The van der Waals surface area contributed by atoms with Crippen LogP contribution in [0.2, 0.25) is 0 Å². The van der Waals surface area contributed by atoms with E-state index in [0.717, 1.165) is 24.2 Å². The van der Waals surface area contributed by atoms with Gasteiger partial charge in [-0.15, -0.1) is 0 Å². The van der Waals surface area contributed by atoms with Crippen LogP contribution in [-0.2, 0) is 4.79 Å². The molecule has 4 aliphatic rings. The first-order valence-electron chi connectivity index (χ1n) is 10.4. The molecule has 0 bridgehead atoms. The van der Waals surface area contributed by atoms with Gasteiger partial charge in [0.25, 0.3) is 0 Å². The van der Waals surface area contributed by atoms with E-state index in [1.54, 1.807) is 0 Å². The summed E-state index contributed by atoms with van der Waals surface area (Å²) in [5.74, 6) is 4.05. The van der Waals surface area contributed by atoms with Crippen molar-refractivity contribution in [2.75, 3.05) is 0 Å². The van der Waals surface area contributed by atoms with Gasteiger partial charge in [0, 0.05) is 11.8 Å². The van der Waals surface area contributed by atoms with Gasteiger partial charge in [-0.1, -0.05) is 27.7 Å². The molecule has 6 atom stereocenters. The average Bonchev–Trinajstić information content (AvgIpc) is 2.82. The topological polar surface area (TPSA) is 17.1 Å². The number of Topliss-reactive ketones (excluding diaryl/α,β-unsaturated/α-hetero) is 1. The summed E-state index contributed by atoms with van der Waals surface area (Å²) in [6, 6.07) is 0. The molecule has 0 aromatic heterocycles. The lowest BCUT2D eigenvalue weighted by Gasteiger charge is -2.62. The maximum absolute atomic E-state index is 12.5. The molecular formula is C22H36O. The minimum atomic E-state index is 0.0525. The van der Waals surface area contributed by atoms with Crippen LogP contribution >= 0.6 is 0 Å². The molecule has 0 aromatic carbocycles. The Labute approximate surface area is 143 Å².